The summed E-state index contributed by atoms with van der Waals surface area (Å²) in [5.74, 6) is 0.663. The Morgan fingerprint density at radius 2 is 1.63 bits per heavy atom. The summed E-state index contributed by atoms with van der Waals surface area (Å²) < 4.78 is 40.2. The summed E-state index contributed by atoms with van der Waals surface area (Å²) >= 11 is 0. The second-order valence-corrected chi connectivity index (χ2v) is 11.3. The van der Waals surface area contributed by atoms with Crippen LogP contribution in [0, 0.1) is 13.8 Å². The first-order chi connectivity index (χ1) is 19.7. The van der Waals surface area contributed by atoms with E-state index in [4.69, 9.17) is 9.47 Å². The summed E-state index contributed by atoms with van der Waals surface area (Å²) in [6.45, 7) is 4.31. The number of nitrogens with one attached hydrogen (secondary N) is 2. The molecule has 4 rings (SSSR count). The van der Waals surface area contributed by atoms with Crippen molar-refractivity contribution >= 4 is 22.1 Å². The average molecular weight is 572 g/mol. The molecule has 0 saturated heterocycles. The zero-order valence-corrected chi connectivity index (χ0v) is 24.0. The molecule has 2 N–H and O–H groups in total. The third-order valence-corrected chi connectivity index (χ3v) is 7.78. The summed E-state index contributed by atoms with van der Waals surface area (Å²) in [6.07, 6.45) is 1.33. The predicted molar refractivity (Wildman–Crippen MR) is 160 cm³/mol. The summed E-state index contributed by atoms with van der Waals surface area (Å²) in [6, 6.07) is 28.1. The monoisotopic (exact) mass is 571 g/mol. The van der Waals surface area contributed by atoms with Crippen LogP contribution in [-0.2, 0) is 21.4 Å². The number of benzene rings is 4. The molecule has 1 atom stereocenters. The normalized spacial score (nSPS) is 12.2. The second-order valence-electron chi connectivity index (χ2n) is 9.58. The first-order valence-electron chi connectivity index (χ1n) is 13.1. The number of hydrazone groups is 1. The number of amides is 1. The van der Waals surface area contributed by atoms with E-state index in [0.29, 0.717) is 29.2 Å². The standard InChI is InChI=1S/C32H33N3O5S/c1-23-12-15-28(16-13-23)41(37,38)35-29(27-10-5-4-6-11-27)20-32(36)34-33-21-25-14-17-30(31(19-25)39-3)40-22-26-9-7-8-24(2)18-26/h4-19,21,29,35H,20,22H2,1-3H3,(H,34,36)/b33-21-/t29-/m0/s1. The molecule has 212 valence electrons. The van der Waals surface area contributed by atoms with Gasteiger partial charge in [-0.15, -0.1) is 0 Å². The van der Waals surface area contributed by atoms with Gasteiger partial charge in [-0.05, 0) is 60.9 Å². The van der Waals surface area contributed by atoms with Crippen molar-refractivity contribution in [2.75, 3.05) is 7.11 Å². The molecule has 0 spiro atoms. The first kappa shape index (κ1) is 29.5. The van der Waals surface area contributed by atoms with Crippen molar-refractivity contribution in [2.24, 2.45) is 5.10 Å². The van der Waals surface area contributed by atoms with Crippen molar-refractivity contribution < 1.29 is 22.7 Å². The molecule has 0 aromatic heterocycles. The second kappa shape index (κ2) is 13.7. The Kier molecular flexibility index (Phi) is 9.89. The van der Waals surface area contributed by atoms with Gasteiger partial charge >= 0.3 is 0 Å². The van der Waals surface area contributed by atoms with E-state index in [1.54, 1.807) is 61.7 Å². The van der Waals surface area contributed by atoms with Gasteiger partial charge in [0.25, 0.3) is 0 Å². The fourth-order valence-electron chi connectivity index (χ4n) is 4.14. The third kappa shape index (κ3) is 8.51. The van der Waals surface area contributed by atoms with Crippen molar-refractivity contribution in [1.29, 1.82) is 0 Å². The van der Waals surface area contributed by atoms with Crippen LogP contribution in [0.1, 0.15) is 40.3 Å². The molecule has 8 nitrogen and oxygen atoms in total. The zero-order valence-electron chi connectivity index (χ0n) is 23.2. The number of hydrogen-bond acceptors (Lipinski definition) is 6. The molecule has 0 bridgehead atoms. The number of carbonyl (C=O) groups excluding carboxylic acids is 1. The van der Waals surface area contributed by atoms with Gasteiger partial charge in [0.05, 0.1) is 24.3 Å². The van der Waals surface area contributed by atoms with E-state index in [-0.39, 0.29) is 11.3 Å². The van der Waals surface area contributed by atoms with Crippen LogP contribution in [0.15, 0.2) is 107 Å². The minimum Gasteiger partial charge on any atom is -0.493 e. The molecule has 0 heterocycles. The van der Waals surface area contributed by atoms with Crippen LogP contribution in [0.4, 0.5) is 0 Å². The van der Waals surface area contributed by atoms with E-state index in [1.165, 1.54) is 18.3 Å². The molecule has 0 unspecified atom stereocenters. The SMILES string of the molecule is COc1cc(/C=N\NC(=O)C[C@H](NS(=O)(=O)c2ccc(C)cc2)c2ccccc2)ccc1OCc1cccc(C)c1. The highest BCUT2D eigenvalue weighted by Gasteiger charge is 2.23. The van der Waals surface area contributed by atoms with Gasteiger partial charge in [0, 0.05) is 6.42 Å². The maximum atomic E-state index is 13.0. The molecule has 4 aromatic rings. The highest BCUT2D eigenvalue weighted by molar-refractivity contribution is 7.89. The van der Waals surface area contributed by atoms with Gasteiger partial charge in [0.2, 0.25) is 15.9 Å². The number of hydrogen-bond donors (Lipinski definition) is 2. The number of sulfonamides is 1. The predicted octanol–water partition coefficient (Wildman–Crippen LogP) is 5.45. The van der Waals surface area contributed by atoms with Gasteiger partial charge in [-0.25, -0.2) is 18.6 Å². The molecule has 0 fully saturated rings. The molecule has 0 aliphatic carbocycles. The summed E-state index contributed by atoms with van der Waals surface area (Å²) in [5, 5.41) is 4.06. The molecule has 1 amide bonds. The van der Waals surface area contributed by atoms with Crippen molar-refractivity contribution in [2.45, 2.75) is 37.8 Å². The Hall–Kier alpha value is -4.47. The van der Waals surface area contributed by atoms with Crippen LogP contribution in [-0.4, -0.2) is 27.6 Å². The van der Waals surface area contributed by atoms with E-state index in [0.717, 1.165) is 16.7 Å². The highest BCUT2D eigenvalue weighted by Crippen LogP contribution is 2.28. The lowest BCUT2D eigenvalue weighted by Crippen LogP contribution is -2.32. The van der Waals surface area contributed by atoms with E-state index in [2.05, 4.69) is 21.3 Å². The Labute approximate surface area is 241 Å². The number of ether oxygens (including phenoxy) is 2. The largest absolute Gasteiger partial charge is 0.493 e. The van der Waals surface area contributed by atoms with Crippen LogP contribution in [0.3, 0.4) is 0 Å². The van der Waals surface area contributed by atoms with E-state index < -0.39 is 22.0 Å². The Morgan fingerprint density at radius 1 is 0.878 bits per heavy atom. The summed E-state index contributed by atoms with van der Waals surface area (Å²) in [4.78, 5) is 12.9. The maximum Gasteiger partial charge on any atom is 0.242 e. The van der Waals surface area contributed by atoms with Gasteiger partial charge in [-0.1, -0.05) is 77.9 Å². The van der Waals surface area contributed by atoms with Crippen LogP contribution >= 0.6 is 0 Å². The fraction of sp³-hybridized carbons (Fsp3) is 0.188. The molecule has 4 aromatic carbocycles. The zero-order chi connectivity index (χ0) is 29.2. The average Bonchev–Trinajstić information content (AvgIpc) is 2.96. The maximum absolute atomic E-state index is 13.0. The molecule has 0 saturated carbocycles. The van der Waals surface area contributed by atoms with Gasteiger partial charge in [-0.3, -0.25) is 4.79 Å². The number of aryl methyl sites for hydroxylation is 2. The lowest BCUT2D eigenvalue weighted by atomic mass is 10.0. The topological polar surface area (TPSA) is 106 Å². The molecule has 0 aliphatic heterocycles. The quantitative estimate of drug-likeness (QED) is 0.174. The van der Waals surface area contributed by atoms with Crippen molar-refractivity contribution in [3.05, 3.63) is 125 Å². The van der Waals surface area contributed by atoms with Crippen molar-refractivity contribution in [3.8, 4) is 11.5 Å². The lowest BCUT2D eigenvalue weighted by Gasteiger charge is -2.18. The smallest absolute Gasteiger partial charge is 0.242 e. The van der Waals surface area contributed by atoms with Gasteiger partial charge in [0.1, 0.15) is 6.61 Å². The van der Waals surface area contributed by atoms with Crippen LogP contribution in [0.5, 0.6) is 11.5 Å². The molecular weight excluding hydrogens is 538 g/mol. The van der Waals surface area contributed by atoms with Gasteiger partial charge in [-0.2, -0.15) is 5.10 Å². The third-order valence-electron chi connectivity index (χ3n) is 6.29. The van der Waals surface area contributed by atoms with Gasteiger partial charge in [0.15, 0.2) is 11.5 Å². The minimum absolute atomic E-state index is 0.128. The van der Waals surface area contributed by atoms with Crippen molar-refractivity contribution in [3.63, 3.8) is 0 Å². The summed E-state index contributed by atoms with van der Waals surface area (Å²) in [5.41, 5.74) is 6.99. The Bertz CT molecular complexity index is 1600. The minimum atomic E-state index is -3.86. The van der Waals surface area contributed by atoms with Crippen LogP contribution in [0.2, 0.25) is 0 Å². The number of rotatable bonds is 12. The molecule has 9 heteroatoms. The van der Waals surface area contributed by atoms with Crippen LogP contribution in [0.25, 0.3) is 0 Å². The van der Waals surface area contributed by atoms with Crippen molar-refractivity contribution in [1.82, 2.24) is 10.1 Å². The Balaban J connectivity index is 1.40. The Morgan fingerprint density at radius 3 is 2.34 bits per heavy atom. The van der Waals surface area contributed by atoms with Crippen LogP contribution < -0.4 is 19.6 Å². The first-order valence-corrected chi connectivity index (χ1v) is 14.5. The van der Waals surface area contributed by atoms with E-state index in [9.17, 15) is 13.2 Å². The molecule has 41 heavy (non-hydrogen) atoms. The van der Waals surface area contributed by atoms with E-state index >= 15 is 0 Å². The summed E-state index contributed by atoms with van der Waals surface area (Å²) in [7, 11) is -2.31. The number of methoxy groups -OCH3 is 1. The highest BCUT2D eigenvalue weighted by atomic mass is 32.2. The number of carbonyl (C=O) groups is 1. The molecule has 0 aliphatic rings. The van der Waals surface area contributed by atoms with E-state index in [1.807, 2.05) is 38.1 Å². The fourth-order valence-corrected chi connectivity index (χ4v) is 5.37. The lowest BCUT2D eigenvalue weighted by molar-refractivity contribution is -0.121. The molecule has 0 radical (unpaired) electrons. The molecular formula is C32H33N3O5S. The van der Waals surface area contributed by atoms with Gasteiger partial charge < -0.3 is 9.47 Å². The number of nitrogens with zero attached hydrogens (tertiary/aromatic N) is 1.